The molecule has 0 spiro atoms. The Morgan fingerprint density at radius 1 is 1.23 bits per heavy atom. The van der Waals surface area contributed by atoms with Crippen LogP contribution in [0.1, 0.15) is 33.6 Å². The molecule has 0 aliphatic carbocycles. The number of hydrogen-bond donors (Lipinski definition) is 1. The Labute approximate surface area is 151 Å². The van der Waals surface area contributed by atoms with Gasteiger partial charge in [-0.15, -0.1) is 5.10 Å². The summed E-state index contributed by atoms with van der Waals surface area (Å²) in [5.41, 5.74) is 0.131. The van der Waals surface area contributed by atoms with E-state index in [1.165, 1.54) is 0 Å². The number of rotatable bonds is 7. The fourth-order valence-corrected chi connectivity index (χ4v) is 2.15. The minimum atomic E-state index is -0.701. The molecule has 0 saturated heterocycles. The van der Waals surface area contributed by atoms with Gasteiger partial charge in [-0.1, -0.05) is 18.2 Å². The van der Waals surface area contributed by atoms with E-state index in [1.807, 2.05) is 6.07 Å². The Hall–Kier alpha value is -2.90. The Balaban J connectivity index is 1.79. The molecule has 0 bridgehead atoms. The van der Waals surface area contributed by atoms with Crippen molar-refractivity contribution in [2.45, 2.75) is 45.8 Å². The first kappa shape index (κ1) is 19.4. The third-order valence-electron chi connectivity index (χ3n) is 3.22. The van der Waals surface area contributed by atoms with E-state index in [0.29, 0.717) is 18.5 Å². The molecule has 0 aliphatic rings. The average Bonchev–Trinajstić information content (AvgIpc) is 2.92. The van der Waals surface area contributed by atoms with Crippen molar-refractivity contribution in [1.82, 2.24) is 15.1 Å². The van der Waals surface area contributed by atoms with Crippen LogP contribution in [-0.4, -0.2) is 33.8 Å². The SMILES string of the molecule is CC(C)(C)OC(=O)CCCNC(=O)Cn1nc(-c2ccccc2)oc1=O. The van der Waals surface area contributed by atoms with Crippen molar-refractivity contribution in [2.75, 3.05) is 6.54 Å². The second-order valence-electron chi connectivity index (χ2n) is 6.74. The van der Waals surface area contributed by atoms with E-state index in [2.05, 4.69) is 10.4 Å². The molecule has 0 atom stereocenters. The van der Waals surface area contributed by atoms with Gasteiger partial charge in [-0.2, -0.15) is 4.68 Å². The summed E-state index contributed by atoms with van der Waals surface area (Å²) in [6.07, 6.45) is 0.656. The van der Waals surface area contributed by atoms with Crippen LogP contribution in [0.15, 0.2) is 39.5 Å². The van der Waals surface area contributed by atoms with Crippen LogP contribution in [0.25, 0.3) is 11.5 Å². The number of aromatic nitrogens is 2. The standard InChI is InChI=1S/C18H23N3O5/c1-18(2,3)26-15(23)10-7-11-19-14(22)12-21-17(24)25-16(20-21)13-8-5-4-6-9-13/h4-6,8-9H,7,10-12H2,1-3H3,(H,19,22). The number of carbonyl (C=O) groups excluding carboxylic acids is 2. The van der Waals surface area contributed by atoms with Crippen molar-refractivity contribution in [3.8, 4) is 11.5 Å². The molecule has 8 heteroatoms. The second-order valence-corrected chi connectivity index (χ2v) is 6.74. The van der Waals surface area contributed by atoms with Crippen LogP contribution in [-0.2, 0) is 20.9 Å². The van der Waals surface area contributed by atoms with Crippen LogP contribution in [0.5, 0.6) is 0 Å². The Bertz CT molecular complexity index is 802. The van der Waals surface area contributed by atoms with Gasteiger partial charge in [0.05, 0.1) is 0 Å². The lowest BCUT2D eigenvalue weighted by Crippen LogP contribution is -2.32. The van der Waals surface area contributed by atoms with E-state index < -0.39 is 11.4 Å². The minimum Gasteiger partial charge on any atom is -0.460 e. The monoisotopic (exact) mass is 361 g/mol. The lowest BCUT2D eigenvalue weighted by Gasteiger charge is -2.19. The zero-order valence-electron chi connectivity index (χ0n) is 15.2. The van der Waals surface area contributed by atoms with Gasteiger partial charge < -0.3 is 14.5 Å². The quantitative estimate of drug-likeness (QED) is 0.595. The van der Waals surface area contributed by atoms with Crippen LogP contribution >= 0.6 is 0 Å². The number of carbonyl (C=O) groups is 2. The molecular formula is C18H23N3O5. The van der Waals surface area contributed by atoms with Gasteiger partial charge in [-0.3, -0.25) is 9.59 Å². The maximum Gasteiger partial charge on any atom is 0.437 e. The van der Waals surface area contributed by atoms with Crippen molar-refractivity contribution in [3.63, 3.8) is 0 Å². The van der Waals surface area contributed by atoms with Gasteiger partial charge in [-0.05, 0) is 39.3 Å². The van der Waals surface area contributed by atoms with E-state index >= 15 is 0 Å². The van der Waals surface area contributed by atoms with Crippen molar-refractivity contribution < 1.29 is 18.7 Å². The molecule has 0 saturated carbocycles. The highest BCUT2D eigenvalue weighted by atomic mass is 16.6. The number of nitrogens with one attached hydrogen (secondary N) is 1. The number of benzene rings is 1. The van der Waals surface area contributed by atoms with Crippen LogP contribution < -0.4 is 11.1 Å². The Morgan fingerprint density at radius 3 is 2.58 bits per heavy atom. The molecule has 1 heterocycles. The van der Waals surface area contributed by atoms with E-state index in [0.717, 1.165) is 4.68 Å². The zero-order chi connectivity index (χ0) is 19.2. The molecule has 1 N–H and O–H groups in total. The summed E-state index contributed by atoms with van der Waals surface area (Å²) < 4.78 is 11.2. The molecule has 0 unspecified atom stereocenters. The van der Waals surface area contributed by atoms with Crippen LogP contribution in [0.2, 0.25) is 0 Å². The number of hydrogen-bond acceptors (Lipinski definition) is 6. The molecule has 0 aliphatic heterocycles. The summed E-state index contributed by atoms with van der Waals surface area (Å²) >= 11 is 0. The summed E-state index contributed by atoms with van der Waals surface area (Å²) in [5, 5.41) is 6.66. The highest BCUT2D eigenvalue weighted by Gasteiger charge is 2.16. The van der Waals surface area contributed by atoms with Crippen molar-refractivity contribution >= 4 is 11.9 Å². The maximum absolute atomic E-state index is 11.9. The van der Waals surface area contributed by atoms with Gasteiger partial charge >= 0.3 is 11.7 Å². The maximum atomic E-state index is 11.9. The van der Waals surface area contributed by atoms with E-state index in [9.17, 15) is 14.4 Å². The zero-order valence-corrected chi connectivity index (χ0v) is 15.2. The molecule has 1 aromatic heterocycles. The van der Waals surface area contributed by atoms with E-state index in [4.69, 9.17) is 9.15 Å². The third-order valence-corrected chi connectivity index (χ3v) is 3.22. The first-order chi connectivity index (χ1) is 12.2. The topological polar surface area (TPSA) is 103 Å². The van der Waals surface area contributed by atoms with Gasteiger partial charge in [0.15, 0.2) is 0 Å². The van der Waals surface area contributed by atoms with Gasteiger partial charge in [0.25, 0.3) is 0 Å². The molecule has 26 heavy (non-hydrogen) atoms. The number of esters is 1. The highest BCUT2D eigenvalue weighted by molar-refractivity contribution is 5.75. The lowest BCUT2D eigenvalue weighted by atomic mass is 10.2. The molecule has 0 fully saturated rings. The van der Waals surface area contributed by atoms with E-state index in [-0.39, 0.29) is 30.7 Å². The van der Waals surface area contributed by atoms with Gasteiger partial charge in [0, 0.05) is 18.5 Å². The first-order valence-corrected chi connectivity index (χ1v) is 8.36. The highest BCUT2D eigenvalue weighted by Crippen LogP contribution is 2.13. The smallest absolute Gasteiger partial charge is 0.437 e. The summed E-state index contributed by atoms with van der Waals surface area (Å²) in [5.74, 6) is -1.24. The van der Waals surface area contributed by atoms with Gasteiger partial charge in [-0.25, -0.2) is 4.79 Å². The predicted molar refractivity (Wildman–Crippen MR) is 94.3 cm³/mol. The number of ether oxygens (including phenoxy) is 1. The first-order valence-electron chi connectivity index (χ1n) is 8.36. The molecule has 2 aromatic rings. The van der Waals surface area contributed by atoms with Crippen LogP contribution in [0, 0.1) is 0 Å². The van der Waals surface area contributed by atoms with Crippen molar-refractivity contribution in [1.29, 1.82) is 0 Å². The van der Waals surface area contributed by atoms with Crippen LogP contribution in [0.3, 0.4) is 0 Å². The van der Waals surface area contributed by atoms with Gasteiger partial charge in [0.1, 0.15) is 12.1 Å². The average molecular weight is 361 g/mol. The molecule has 1 amide bonds. The fourth-order valence-electron chi connectivity index (χ4n) is 2.15. The normalized spacial score (nSPS) is 11.2. The lowest BCUT2D eigenvalue weighted by molar-refractivity contribution is -0.155. The van der Waals surface area contributed by atoms with E-state index in [1.54, 1.807) is 45.0 Å². The molecular weight excluding hydrogens is 338 g/mol. The number of amides is 1. The second kappa shape index (κ2) is 8.46. The van der Waals surface area contributed by atoms with Gasteiger partial charge in [0.2, 0.25) is 11.8 Å². The summed E-state index contributed by atoms with van der Waals surface area (Å²) in [6.45, 7) is 5.45. The molecule has 0 radical (unpaired) electrons. The minimum absolute atomic E-state index is 0.160. The summed E-state index contributed by atoms with van der Waals surface area (Å²) in [7, 11) is 0. The molecule has 8 nitrogen and oxygen atoms in total. The molecule has 2 rings (SSSR count). The Morgan fingerprint density at radius 2 is 1.92 bits per heavy atom. The predicted octanol–water partition coefficient (Wildman–Crippen LogP) is 1.74. The summed E-state index contributed by atoms with van der Waals surface area (Å²) in [4.78, 5) is 35.3. The van der Waals surface area contributed by atoms with Crippen molar-refractivity contribution in [3.05, 3.63) is 40.9 Å². The largest absolute Gasteiger partial charge is 0.460 e. The Kier molecular flexibility index (Phi) is 6.32. The number of nitrogens with zero attached hydrogens (tertiary/aromatic N) is 2. The van der Waals surface area contributed by atoms with Crippen molar-refractivity contribution in [2.24, 2.45) is 0 Å². The fraction of sp³-hybridized carbons (Fsp3) is 0.444. The third kappa shape index (κ3) is 6.19. The molecule has 1 aromatic carbocycles. The summed E-state index contributed by atoms with van der Waals surface area (Å²) in [6, 6.07) is 8.94. The molecule has 140 valence electrons. The van der Waals surface area contributed by atoms with Crippen LogP contribution in [0.4, 0.5) is 0 Å².